The average Bonchev–Trinajstić information content (AvgIpc) is 2.65. The van der Waals surface area contributed by atoms with E-state index < -0.39 is 0 Å². The molecule has 2 saturated heterocycles. The number of methoxy groups -OCH3 is 2. The van der Waals surface area contributed by atoms with E-state index >= 15 is 0 Å². The van der Waals surface area contributed by atoms with Gasteiger partial charge in [0, 0.05) is 32.9 Å². The monoisotopic (exact) mass is 350 g/mol. The summed E-state index contributed by atoms with van der Waals surface area (Å²) in [6.07, 6.45) is 4.47. The summed E-state index contributed by atoms with van der Waals surface area (Å²) in [6.45, 7) is 3.17. The van der Waals surface area contributed by atoms with Crippen LogP contribution < -0.4 is 15.0 Å². The van der Waals surface area contributed by atoms with Crippen LogP contribution in [-0.4, -0.2) is 69.0 Å². The molecule has 0 radical (unpaired) electrons. The maximum absolute atomic E-state index is 12.0. The molecule has 0 aromatic carbocycles. The second kappa shape index (κ2) is 7.97. The molecule has 0 bridgehead atoms. The molecule has 1 N–H and O–H groups in total. The van der Waals surface area contributed by atoms with E-state index in [2.05, 4.69) is 20.2 Å². The molecule has 1 aromatic rings. The summed E-state index contributed by atoms with van der Waals surface area (Å²) in [5, 5.41) is 3.10. The minimum absolute atomic E-state index is 0.0333. The van der Waals surface area contributed by atoms with Gasteiger partial charge in [-0.05, 0) is 24.7 Å². The number of nitrogens with zero attached hydrogens (tertiary/aromatic N) is 3. The van der Waals surface area contributed by atoms with Crippen molar-refractivity contribution in [1.82, 2.24) is 15.3 Å². The van der Waals surface area contributed by atoms with Crippen LogP contribution in [-0.2, 0) is 14.3 Å². The number of rotatable bonds is 5. The zero-order chi connectivity index (χ0) is 17.7. The van der Waals surface area contributed by atoms with Crippen LogP contribution in [0.1, 0.15) is 19.3 Å². The van der Waals surface area contributed by atoms with Crippen LogP contribution in [0, 0.1) is 5.41 Å². The van der Waals surface area contributed by atoms with Gasteiger partial charge < -0.3 is 24.4 Å². The molecule has 2 aliphatic rings. The van der Waals surface area contributed by atoms with E-state index in [9.17, 15) is 4.79 Å². The third-order valence-corrected chi connectivity index (χ3v) is 5.30. The highest BCUT2D eigenvalue weighted by Crippen LogP contribution is 2.41. The van der Waals surface area contributed by atoms with Gasteiger partial charge in [-0.25, -0.2) is 9.97 Å². The number of piperidine rings is 1. The van der Waals surface area contributed by atoms with Crippen LogP contribution in [0.2, 0.25) is 0 Å². The first-order chi connectivity index (χ1) is 12.2. The first kappa shape index (κ1) is 17.9. The van der Waals surface area contributed by atoms with Crippen molar-refractivity contribution in [1.29, 1.82) is 0 Å². The molecule has 0 saturated carbocycles. The van der Waals surface area contributed by atoms with Gasteiger partial charge in [0.05, 0.1) is 19.8 Å². The molecule has 8 heteroatoms. The second-order valence-electron chi connectivity index (χ2n) is 6.65. The number of hydrogen-bond donors (Lipinski definition) is 1. The lowest BCUT2D eigenvalue weighted by atomic mass is 9.69. The molecule has 3 rings (SSSR count). The Morgan fingerprint density at radius 1 is 1.36 bits per heavy atom. The predicted molar refractivity (Wildman–Crippen MR) is 91.7 cm³/mol. The number of anilines is 1. The molecular formula is C17H26N4O4. The summed E-state index contributed by atoms with van der Waals surface area (Å²) >= 11 is 0. The minimum atomic E-state index is -0.0830. The highest BCUT2D eigenvalue weighted by molar-refractivity contribution is 5.77. The Morgan fingerprint density at radius 2 is 2.16 bits per heavy atom. The molecule has 2 fully saturated rings. The molecule has 8 nitrogen and oxygen atoms in total. The standard InChI is InChI=1S/C17H26N4O4/c1-23-11-15(22)20-13-10-25-8-5-17(13)3-6-21(7-4-17)14-9-16(24-2)19-12-18-14/h9,12-13H,3-8,10-11H2,1-2H3,(H,20,22)/t13-/m0/s1. The fourth-order valence-corrected chi connectivity index (χ4v) is 3.78. The SMILES string of the molecule is COCC(=O)N[C@H]1COCCC12CCN(c1cc(OC)ncn1)CC2. The van der Waals surface area contributed by atoms with Gasteiger partial charge in [-0.2, -0.15) is 0 Å². The molecule has 2 aliphatic heterocycles. The van der Waals surface area contributed by atoms with Gasteiger partial charge >= 0.3 is 0 Å². The van der Waals surface area contributed by atoms with Crippen molar-refractivity contribution < 1.29 is 19.0 Å². The largest absolute Gasteiger partial charge is 0.481 e. The Hall–Kier alpha value is -1.93. The second-order valence-corrected chi connectivity index (χ2v) is 6.65. The maximum Gasteiger partial charge on any atom is 0.246 e. The average molecular weight is 350 g/mol. The van der Waals surface area contributed by atoms with Crippen LogP contribution in [0.25, 0.3) is 0 Å². The van der Waals surface area contributed by atoms with Crippen molar-refractivity contribution in [2.45, 2.75) is 25.3 Å². The molecule has 1 atom stereocenters. The predicted octanol–water partition coefficient (Wildman–Crippen LogP) is 0.623. The van der Waals surface area contributed by atoms with E-state index in [0.717, 1.165) is 44.8 Å². The highest BCUT2D eigenvalue weighted by Gasteiger charge is 2.44. The Kier molecular flexibility index (Phi) is 5.70. The van der Waals surface area contributed by atoms with Crippen molar-refractivity contribution >= 4 is 11.7 Å². The zero-order valence-electron chi connectivity index (χ0n) is 14.9. The van der Waals surface area contributed by atoms with Crippen molar-refractivity contribution in [3.05, 3.63) is 12.4 Å². The Balaban J connectivity index is 1.66. The topological polar surface area (TPSA) is 85.8 Å². The van der Waals surface area contributed by atoms with Crippen LogP contribution in [0.4, 0.5) is 5.82 Å². The molecule has 3 heterocycles. The lowest BCUT2D eigenvalue weighted by Gasteiger charge is -2.49. The lowest BCUT2D eigenvalue weighted by Crippen LogP contribution is -2.58. The Bertz CT molecular complexity index is 590. The molecule has 1 aromatic heterocycles. The summed E-state index contributed by atoms with van der Waals surface area (Å²) < 4.78 is 15.7. The number of hydrogen-bond acceptors (Lipinski definition) is 7. The first-order valence-electron chi connectivity index (χ1n) is 8.64. The third-order valence-electron chi connectivity index (χ3n) is 5.30. The van der Waals surface area contributed by atoms with E-state index in [4.69, 9.17) is 14.2 Å². The van der Waals surface area contributed by atoms with Crippen molar-refractivity contribution in [2.75, 3.05) is 52.0 Å². The number of ether oxygens (including phenoxy) is 3. The van der Waals surface area contributed by atoms with E-state index in [1.807, 2.05) is 6.07 Å². The Labute approximate surface area is 147 Å². The van der Waals surface area contributed by atoms with E-state index in [-0.39, 0.29) is 24.0 Å². The fourth-order valence-electron chi connectivity index (χ4n) is 3.78. The molecule has 1 spiro atoms. The molecule has 0 aliphatic carbocycles. The highest BCUT2D eigenvalue weighted by atomic mass is 16.5. The van der Waals surface area contributed by atoms with Crippen molar-refractivity contribution in [3.8, 4) is 5.88 Å². The number of aromatic nitrogens is 2. The maximum atomic E-state index is 12.0. The van der Waals surface area contributed by atoms with Crippen LogP contribution in [0.3, 0.4) is 0 Å². The van der Waals surface area contributed by atoms with E-state index in [1.54, 1.807) is 7.11 Å². The van der Waals surface area contributed by atoms with Gasteiger partial charge in [-0.15, -0.1) is 0 Å². The summed E-state index contributed by atoms with van der Waals surface area (Å²) in [4.78, 5) is 22.6. The number of carbonyl (C=O) groups is 1. The van der Waals surface area contributed by atoms with Gasteiger partial charge in [0.25, 0.3) is 0 Å². The van der Waals surface area contributed by atoms with E-state index in [1.165, 1.54) is 13.4 Å². The Morgan fingerprint density at radius 3 is 2.88 bits per heavy atom. The quantitative estimate of drug-likeness (QED) is 0.833. The lowest BCUT2D eigenvalue weighted by molar-refractivity contribution is -0.129. The van der Waals surface area contributed by atoms with Gasteiger partial charge in [0.15, 0.2) is 0 Å². The number of nitrogens with one attached hydrogen (secondary N) is 1. The van der Waals surface area contributed by atoms with Crippen LogP contribution in [0.15, 0.2) is 12.4 Å². The normalized spacial score (nSPS) is 22.6. The molecule has 0 unspecified atom stereocenters. The molecule has 25 heavy (non-hydrogen) atoms. The molecule has 1 amide bonds. The van der Waals surface area contributed by atoms with E-state index in [0.29, 0.717) is 12.5 Å². The number of carbonyl (C=O) groups excluding carboxylic acids is 1. The smallest absolute Gasteiger partial charge is 0.246 e. The first-order valence-corrected chi connectivity index (χ1v) is 8.64. The van der Waals surface area contributed by atoms with Crippen molar-refractivity contribution in [2.24, 2.45) is 5.41 Å². The van der Waals surface area contributed by atoms with Crippen LogP contribution in [0.5, 0.6) is 5.88 Å². The summed E-state index contributed by atoms with van der Waals surface area (Å²) in [7, 11) is 3.13. The molecule has 138 valence electrons. The summed E-state index contributed by atoms with van der Waals surface area (Å²) in [5.74, 6) is 1.37. The van der Waals surface area contributed by atoms with Gasteiger partial charge in [0.1, 0.15) is 18.8 Å². The van der Waals surface area contributed by atoms with Gasteiger partial charge in [-0.3, -0.25) is 4.79 Å². The van der Waals surface area contributed by atoms with Gasteiger partial charge in [0.2, 0.25) is 11.8 Å². The zero-order valence-corrected chi connectivity index (χ0v) is 14.9. The van der Waals surface area contributed by atoms with Crippen LogP contribution >= 0.6 is 0 Å². The van der Waals surface area contributed by atoms with Gasteiger partial charge in [-0.1, -0.05) is 0 Å². The third kappa shape index (κ3) is 4.01. The summed E-state index contributed by atoms with van der Waals surface area (Å²) in [6, 6.07) is 1.89. The minimum Gasteiger partial charge on any atom is -0.481 e. The summed E-state index contributed by atoms with van der Waals surface area (Å²) in [5.41, 5.74) is 0.0786. The number of amides is 1. The molecular weight excluding hydrogens is 324 g/mol. The fraction of sp³-hybridized carbons (Fsp3) is 0.706. The van der Waals surface area contributed by atoms with Crippen molar-refractivity contribution in [3.63, 3.8) is 0 Å².